The number of fused-ring (bicyclic) bond motifs is 1. The highest BCUT2D eigenvalue weighted by atomic mass is 16.5. The van der Waals surface area contributed by atoms with Crippen molar-refractivity contribution in [1.29, 1.82) is 0 Å². The predicted molar refractivity (Wildman–Crippen MR) is 86.7 cm³/mol. The second-order valence-corrected chi connectivity index (χ2v) is 6.66. The first-order valence-corrected chi connectivity index (χ1v) is 8.37. The molecule has 1 saturated heterocycles. The van der Waals surface area contributed by atoms with Gasteiger partial charge in [-0.3, -0.25) is 9.69 Å². The van der Waals surface area contributed by atoms with Crippen LogP contribution in [0.3, 0.4) is 0 Å². The number of nitrogens with one attached hydrogen (secondary N) is 1. The van der Waals surface area contributed by atoms with Gasteiger partial charge in [0.05, 0.1) is 24.8 Å². The number of rotatable bonds is 3. The number of carbonyl (C=O) groups is 1. The van der Waals surface area contributed by atoms with Gasteiger partial charge in [0.2, 0.25) is 5.91 Å². The Morgan fingerprint density at radius 3 is 2.77 bits per heavy atom. The van der Waals surface area contributed by atoms with E-state index < -0.39 is 0 Å². The SMILES string of the molecule is C[C@@H]1CN(CC(=O)N[C@@H]2CCCc3ccccc32)C[C@@H](C)O1. The lowest BCUT2D eigenvalue weighted by molar-refractivity contribution is -0.126. The summed E-state index contributed by atoms with van der Waals surface area (Å²) >= 11 is 0. The minimum absolute atomic E-state index is 0.128. The molecule has 1 aliphatic heterocycles. The highest BCUT2D eigenvalue weighted by Crippen LogP contribution is 2.29. The summed E-state index contributed by atoms with van der Waals surface area (Å²) in [5.74, 6) is 0.128. The van der Waals surface area contributed by atoms with Crippen LogP contribution in [0.1, 0.15) is 43.9 Å². The second-order valence-electron chi connectivity index (χ2n) is 6.66. The Hall–Kier alpha value is -1.39. The fourth-order valence-corrected chi connectivity index (χ4v) is 3.76. The molecule has 0 aromatic heterocycles. The summed E-state index contributed by atoms with van der Waals surface area (Å²) in [5.41, 5.74) is 2.68. The maximum absolute atomic E-state index is 12.4. The van der Waals surface area contributed by atoms with Gasteiger partial charge in [-0.15, -0.1) is 0 Å². The van der Waals surface area contributed by atoms with Crippen LogP contribution in [0.25, 0.3) is 0 Å². The van der Waals surface area contributed by atoms with Crippen LogP contribution in [0.2, 0.25) is 0 Å². The van der Waals surface area contributed by atoms with Gasteiger partial charge in [0.25, 0.3) is 0 Å². The third kappa shape index (κ3) is 3.68. The molecule has 3 rings (SSSR count). The summed E-state index contributed by atoms with van der Waals surface area (Å²) in [6, 6.07) is 8.65. The zero-order valence-electron chi connectivity index (χ0n) is 13.5. The van der Waals surface area contributed by atoms with Crippen molar-refractivity contribution in [1.82, 2.24) is 10.2 Å². The van der Waals surface area contributed by atoms with Crippen molar-refractivity contribution in [3.63, 3.8) is 0 Å². The minimum atomic E-state index is 0.128. The molecule has 0 bridgehead atoms. The lowest BCUT2D eigenvalue weighted by Gasteiger charge is -2.35. The van der Waals surface area contributed by atoms with E-state index in [2.05, 4.69) is 48.3 Å². The number of nitrogens with zero attached hydrogens (tertiary/aromatic N) is 1. The molecule has 1 aromatic carbocycles. The van der Waals surface area contributed by atoms with Gasteiger partial charge in [-0.1, -0.05) is 24.3 Å². The molecule has 1 fully saturated rings. The Bertz CT molecular complexity index is 522. The van der Waals surface area contributed by atoms with Crippen LogP contribution >= 0.6 is 0 Å². The number of amides is 1. The molecular formula is C18H26N2O2. The van der Waals surface area contributed by atoms with Crippen LogP contribution in [0.5, 0.6) is 0 Å². The molecule has 1 aromatic rings. The van der Waals surface area contributed by atoms with Crippen LogP contribution in [-0.4, -0.2) is 42.6 Å². The number of ether oxygens (including phenoxy) is 1. The quantitative estimate of drug-likeness (QED) is 0.931. The van der Waals surface area contributed by atoms with Gasteiger partial charge in [0, 0.05) is 13.1 Å². The van der Waals surface area contributed by atoms with Gasteiger partial charge in [0.1, 0.15) is 0 Å². The molecule has 4 nitrogen and oxygen atoms in total. The molecule has 2 aliphatic rings. The third-order valence-electron chi connectivity index (χ3n) is 4.57. The zero-order valence-corrected chi connectivity index (χ0v) is 13.5. The predicted octanol–water partition coefficient (Wildman–Crippen LogP) is 2.29. The van der Waals surface area contributed by atoms with E-state index in [1.807, 2.05) is 0 Å². The second kappa shape index (κ2) is 6.80. The van der Waals surface area contributed by atoms with Crippen molar-refractivity contribution in [2.75, 3.05) is 19.6 Å². The number of hydrogen-bond acceptors (Lipinski definition) is 3. The molecule has 0 saturated carbocycles. The molecule has 4 heteroatoms. The fraction of sp³-hybridized carbons (Fsp3) is 0.611. The van der Waals surface area contributed by atoms with Crippen molar-refractivity contribution >= 4 is 5.91 Å². The van der Waals surface area contributed by atoms with Crippen LogP contribution in [0.15, 0.2) is 24.3 Å². The summed E-state index contributed by atoms with van der Waals surface area (Å²) < 4.78 is 5.72. The minimum Gasteiger partial charge on any atom is -0.373 e. The van der Waals surface area contributed by atoms with E-state index in [-0.39, 0.29) is 24.2 Å². The number of morpholine rings is 1. The van der Waals surface area contributed by atoms with Crippen LogP contribution in [-0.2, 0) is 16.0 Å². The van der Waals surface area contributed by atoms with Crippen LogP contribution in [0, 0.1) is 0 Å². The lowest BCUT2D eigenvalue weighted by atomic mass is 9.88. The van der Waals surface area contributed by atoms with Crippen LogP contribution < -0.4 is 5.32 Å². The van der Waals surface area contributed by atoms with E-state index in [1.165, 1.54) is 11.1 Å². The van der Waals surface area contributed by atoms with Gasteiger partial charge in [-0.05, 0) is 44.2 Å². The molecule has 0 unspecified atom stereocenters. The first-order chi connectivity index (χ1) is 10.6. The Labute approximate surface area is 132 Å². The number of benzene rings is 1. The van der Waals surface area contributed by atoms with Gasteiger partial charge in [0.15, 0.2) is 0 Å². The average Bonchev–Trinajstić information content (AvgIpc) is 2.46. The molecule has 22 heavy (non-hydrogen) atoms. The summed E-state index contributed by atoms with van der Waals surface area (Å²) in [6.07, 6.45) is 3.71. The maximum atomic E-state index is 12.4. The van der Waals surface area contributed by atoms with Crippen molar-refractivity contribution in [2.24, 2.45) is 0 Å². The standard InChI is InChI=1S/C18H26N2O2/c1-13-10-20(11-14(2)22-13)12-18(21)19-17-9-5-7-15-6-3-4-8-16(15)17/h3-4,6,8,13-14,17H,5,7,9-12H2,1-2H3,(H,19,21)/t13-,14-,17-/m1/s1. The van der Waals surface area contributed by atoms with E-state index >= 15 is 0 Å². The Kier molecular flexibility index (Phi) is 4.79. The Morgan fingerprint density at radius 1 is 1.27 bits per heavy atom. The maximum Gasteiger partial charge on any atom is 0.234 e. The Morgan fingerprint density at radius 2 is 2.00 bits per heavy atom. The van der Waals surface area contributed by atoms with Gasteiger partial charge < -0.3 is 10.1 Å². The zero-order chi connectivity index (χ0) is 15.5. The lowest BCUT2D eigenvalue weighted by Crippen LogP contribution is -2.49. The van der Waals surface area contributed by atoms with Crippen molar-refractivity contribution in [3.8, 4) is 0 Å². The van der Waals surface area contributed by atoms with Gasteiger partial charge in [-0.2, -0.15) is 0 Å². The smallest absolute Gasteiger partial charge is 0.234 e. The monoisotopic (exact) mass is 302 g/mol. The fourth-order valence-electron chi connectivity index (χ4n) is 3.76. The molecule has 0 spiro atoms. The largest absolute Gasteiger partial charge is 0.373 e. The van der Waals surface area contributed by atoms with E-state index in [0.717, 1.165) is 32.4 Å². The van der Waals surface area contributed by atoms with E-state index in [4.69, 9.17) is 4.74 Å². The molecule has 0 radical (unpaired) electrons. The third-order valence-corrected chi connectivity index (χ3v) is 4.57. The number of hydrogen-bond donors (Lipinski definition) is 1. The average molecular weight is 302 g/mol. The van der Waals surface area contributed by atoms with Gasteiger partial charge in [-0.25, -0.2) is 0 Å². The molecular weight excluding hydrogens is 276 g/mol. The van der Waals surface area contributed by atoms with Crippen LogP contribution in [0.4, 0.5) is 0 Å². The van der Waals surface area contributed by atoms with E-state index in [9.17, 15) is 4.79 Å². The molecule has 1 amide bonds. The summed E-state index contributed by atoms with van der Waals surface area (Å²) in [6.45, 7) is 6.27. The molecule has 1 N–H and O–H groups in total. The van der Waals surface area contributed by atoms with Crippen molar-refractivity contribution < 1.29 is 9.53 Å². The van der Waals surface area contributed by atoms with Crippen molar-refractivity contribution in [2.45, 2.75) is 51.4 Å². The molecule has 1 heterocycles. The van der Waals surface area contributed by atoms with E-state index in [1.54, 1.807) is 0 Å². The number of carbonyl (C=O) groups excluding carboxylic acids is 1. The first-order valence-electron chi connectivity index (χ1n) is 8.37. The molecule has 3 atom stereocenters. The summed E-state index contributed by atoms with van der Waals surface area (Å²) in [7, 11) is 0. The topological polar surface area (TPSA) is 41.6 Å². The normalized spacial score (nSPS) is 28.9. The highest BCUT2D eigenvalue weighted by molar-refractivity contribution is 5.78. The molecule has 1 aliphatic carbocycles. The first kappa shape index (κ1) is 15.5. The van der Waals surface area contributed by atoms with Gasteiger partial charge >= 0.3 is 0 Å². The number of aryl methyl sites for hydroxylation is 1. The highest BCUT2D eigenvalue weighted by Gasteiger charge is 2.26. The Balaban J connectivity index is 1.58. The summed E-state index contributed by atoms with van der Waals surface area (Å²) in [5, 5.41) is 3.23. The molecule has 120 valence electrons. The van der Waals surface area contributed by atoms with E-state index in [0.29, 0.717) is 6.54 Å². The summed E-state index contributed by atoms with van der Waals surface area (Å²) in [4.78, 5) is 14.6. The van der Waals surface area contributed by atoms with Crippen molar-refractivity contribution in [3.05, 3.63) is 35.4 Å².